The average Bonchev–Trinajstić information content (AvgIpc) is 2.92. The molecule has 2 aromatic rings. The van der Waals surface area contributed by atoms with Crippen molar-refractivity contribution in [1.82, 2.24) is 10.3 Å². The van der Waals surface area contributed by atoms with E-state index in [-0.39, 0.29) is 18.3 Å². The molecule has 1 amide bonds. The SMILES string of the molecule is Cc1ncoc1C(=O)NCc1ccc(C#CCCO)cc1. The van der Waals surface area contributed by atoms with Gasteiger partial charge in [0.15, 0.2) is 6.39 Å². The predicted molar refractivity (Wildman–Crippen MR) is 77.4 cm³/mol. The summed E-state index contributed by atoms with van der Waals surface area (Å²) in [6, 6.07) is 7.56. The summed E-state index contributed by atoms with van der Waals surface area (Å²) in [5.41, 5.74) is 2.42. The Kier molecular flexibility index (Phi) is 5.13. The van der Waals surface area contributed by atoms with Crippen LogP contribution in [-0.2, 0) is 6.54 Å². The van der Waals surface area contributed by atoms with E-state index < -0.39 is 0 Å². The van der Waals surface area contributed by atoms with Gasteiger partial charge in [-0.25, -0.2) is 4.98 Å². The molecule has 108 valence electrons. The molecule has 0 saturated heterocycles. The Morgan fingerprint density at radius 3 is 2.76 bits per heavy atom. The number of hydrogen-bond donors (Lipinski definition) is 2. The molecular weight excluding hydrogens is 268 g/mol. The van der Waals surface area contributed by atoms with Gasteiger partial charge in [-0.2, -0.15) is 0 Å². The van der Waals surface area contributed by atoms with Gasteiger partial charge >= 0.3 is 0 Å². The van der Waals surface area contributed by atoms with Crippen LogP contribution >= 0.6 is 0 Å². The van der Waals surface area contributed by atoms with Crippen molar-refractivity contribution in [3.63, 3.8) is 0 Å². The average molecular weight is 284 g/mol. The highest BCUT2D eigenvalue weighted by molar-refractivity contribution is 5.92. The van der Waals surface area contributed by atoms with Crippen LogP contribution in [0.3, 0.4) is 0 Å². The molecule has 0 unspecified atom stereocenters. The van der Waals surface area contributed by atoms with Gasteiger partial charge in [0.05, 0.1) is 12.3 Å². The smallest absolute Gasteiger partial charge is 0.289 e. The molecular formula is C16H16N2O3. The Morgan fingerprint density at radius 1 is 1.38 bits per heavy atom. The van der Waals surface area contributed by atoms with Crippen LogP contribution < -0.4 is 5.32 Å². The maximum absolute atomic E-state index is 11.9. The van der Waals surface area contributed by atoms with E-state index in [0.717, 1.165) is 11.1 Å². The Balaban J connectivity index is 1.91. The first-order valence-corrected chi connectivity index (χ1v) is 6.57. The molecule has 0 aliphatic carbocycles. The third-order valence-corrected chi connectivity index (χ3v) is 2.83. The number of aliphatic hydroxyl groups is 1. The number of aliphatic hydroxyl groups excluding tert-OH is 1. The van der Waals surface area contributed by atoms with E-state index in [4.69, 9.17) is 9.52 Å². The van der Waals surface area contributed by atoms with Crippen molar-refractivity contribution >= 4 is 5.91 Å². The lowest BCUT2D eigenvalue weighted by Gasteiger charge is -2.04. The number of nitrogens with one attached hydrogen (secondary N) is 1. The van der Waals surface area contributed by atoms with Crippen molar-refractivity contribution in [2.75, 3.05) is 6.61 Å². The second kappa shape index (κ2) is 7.27. The van der Waals surface area contributed by atoms with Crippen LogP contribution in [0.1, 0.15) is 33.8 Å². The predicted octanol–water partition coefficient (Wildman–Crippen LogP) is 1.65. The van der Waals surface area contributed by atoms with E-state index in [1.165, 1.54) is 6.39 Å². The van der Waals surface area contributed by atoms with Gasteiger partial charge < -0.3 is 14.8 Å². The zero-order valence-electron chi connectivity index (χ0n) is 11.7. The highest BCUT2D eigenvalue weighted by Crippen LogP contribution is 2.06. The third-order valence-electron chi connectivity index (χ3n) is 2.83. The molecule has 0 saturated carbocycles. The summed E-state index contributed by atoms with van der Waals surface area (Å²) in [5.74, 6) is 5.76. The molecule has 0 spiro atoms. The molecule has 5 nitrogen and oxygen atoms in total. The van der Waals surface area contributed by atoms with Gasteiger partial charge in [-0.1, -0.05) is 24.0 Å². The van der Waals surface area contributed by atoms with Gasteiger partial charge in [0.25, 0.3) is 5.91 Å². The van der Waals surface area contributed by atoms with Gasteiger partial charge in [0.1, 0.15) is 0 Å². The molecule has 21 heavy (non-hydrogen) atoms. The van der Waals surface area contributed by atoms with Crippen molar-refractivity contribution in [1.29, 1.82) is 0 Å². The summed E-state index contributed by atoms with van der Waals surface area (Å²) in [4.78, 5) is 15.7. The third kappa shape index (κ3) is 4.20. The van der Waals surface area contributed by atoms with Crippen molar-refractivity contribution in [2.24, 2.45) is 0 Å². The van der Waals surface area contributed by atoms with E-state index in [2.05, 4.69) is 22.1 Å². The summed E-state index contributed by atoms with van der Waals surface area (Å²) in [6.45, 7) is 2.19. The lowest BCUT2D eigenvalue weighted by Crippen LogP contribution is -2.23. The number of nitrogens with zero attached hydrogens (tertiary/aromatic N) is 1. The summed E-state index contributed by atoms with van der Waals surface area (Å²) >= 11 is 0. The molecule has 2 N–H and O–H groups in total. The fraction of sp³-hybridized carbons (Fsp3) is 0.250. The number of carbonyl (C=O) groups is 1. The number of aromatic nitrogens is 1. The van der Waals surface area contributed by atoms with E-state index in [0.29, 0.717) is 18.7 Å². The first kappa shape index (κ1) is 14.8. The largest absolute Gasteiger partial charge is 0.438 e. The van der Waals surface area contributed by atoms with Crippen molar-refractivity contribution in [3.8, 4) is 11.8 Å². The fourth-order valence-corrected chi connectivity index (χ4v) is 1.71. The summed E-state index contributed by atoms with van der Waals surface area (Å²) in [6.07, 6.45) is 1.72. The van der Waals surface area contributed by atoms with Crippen LogP contribution in [0.25, 0.3) is 0 Å². The Hall–Kier alpha value is -2.58. The number of oxazole rings is 1. The van der Waals surface area contributed by atoms with Gasteiger partial charge in [0, 0.05) is 18.5 Å². The Labute approximate surface area is 123 Å². The highest BCUT2D eigenvalue weighted by Gasteiger charge is 2.12. The highest BCUT2D eigenvalue weighted by atomic mass is 16.3. The monoisotopic (exact) mass is 284 g/mol. The van der Waals surface area contributed by atoms with Crippen molar-refractivity contribution in [2.45, 2.75) is 19.9 Å². The second-order valence-corrected chi connectivity index (χ2v) is 4.42. The van der Waals surface area contributed by atoms with Crippen molar-refractivity contribution in [3.05, 3.63) is 53.2 Å². The van der Waals surface area contributed by atoms with Crippen LogP contribution in [-0.4, -0.2) is 22.6 Å². The lowest BCUT2D eigenvalue weighted by atomic mass is 10.1. The van der Waals surface area contributed by atoms with Gasteiger partial charge in [-0.15, -0.1) is 0 Å². The molecule has 0 aliphatic rings. The van der Waals surface area contributed by atoms with Crippen molar-refractivity contribution < 1.29 is 14.3 Å². The Bertz CT molecular complexity index is 663. The van der Waals surface area contributed by atoms with E-state index >= 15 is 0 Å². The maximum atomic E-state index is 11.9. The number of aryl methyl sites for hydroxylation is 1. The number of rotatable bonds is 4. The minimum absolute atomic E-state index is 0.0676. The zero-order chi connectivity index (χ0) is 15.1. The van der Waals surface area contributed by atoms with Gasteiger partial charge in [-0.3, -0.25) is 4.79 Å². The van der Waals surface area contributed by atoms with Crippen LogP contribution in [0.15, 0.2) is 35.1 Å². The maximum Gasteiger partial charge on any atom is 0.289 e. The Morgan fingerprint density at radius 2 is 2.14 bits per heavy atom. The molecule has 1 aromatic carbocycles. The molecule has 0 atom stereocenters. The van der Waals surface area contributed by atoms with E-state index in [9.17, 15) is 4.79 Å². The minimum Gasteiger partial charge on any atom is -0.438 e. The first-order valence-electron chi connectivity index (χ1n) is 6.57. The number of amides is 1. The molecule has 0 radical (unpaired) electrons. The molecule has 0 bridgehead atoms. The zero-order valence-corrected chi connectivity index (χ0v) is 11.7. The topological polar surface area (TPSA) is 75.4 Å². The number of hydrogen-bond acceptors (Lipinski definition) is 4. The van der Waals surface area contributed by atoms with Crippen LogP contribution in [0.2, 0.25) is 0 Å². The minimum atomic E-state index is -0.281. The van der Waals surface area contributed by atoms with E-state index in [1.807, 2.05) is 24.3 Å². The van der Waals surface area contributed by atoms with Gasteiger partial charge in [0.2, 0.25) is 5.76 Å². The molecule has 0 aliphatic heterocycles. The standard InChI is InChI=1S/C16H16N2O3/c1-12-15(21-11-18-12)16(20)17-10-14-7-5-13(6-8-14)4-2-3-9-19/h5-8,11,19H,3,9-10H2,1H3,(H,17,20). The molecule has 1 heterocycles. The lowest BCUT2D eigenvalue weighted by molar-refractivity contribution is 0.0922. The summed E-state index contributed by atoms with van der Waals surface area (Å²) in [7, 11) is 0. The number of carbonyl (C=O) groups excluding carboxylic acids is 1. The molecule has 1 aromatic heterocycles. The van der Waals surface area contributed by atoms with Crippen LogP contribution in [0, 0.1) is 18.8 Å². The quantitative estimate of drug-likeness (QED) is 0.837. The molecule has 2 rings (SSSR count). The first-order chi connectivity index (χ1) is 10.2. The summed E-state index contributed by atoms with van der Waals surface area (Å²) in [5, 5.41) is 11.4. The second-order valence-electron chi connectivity index (χ2n) is 4.42. The normalized spacial score (nSPS) is 9.81. The van der Waals surface area contributed by atoms with Gasteiger partial charge in [-0.05, 0) is 24.6 Å². The fourth-order valence-electron chi connectivity index (χ4n) is 1.71. The molecule has 0 fully saturated rings. The molecule has 5 heteroatoms. The van der Waals surface area contributed by atoms with Crippen LogP contribution in [0.4, 0.5) is 0 Å². The number of benzene rings is 1. The van der Waals surface area contributed by atoms with E-state index in [1.54, 1.807) is 6.92 Å². The summed E-state index contributed by atoms with van der Waals surface area (Å²) < 4.78 is 5.03. The van der Waals surface area contributed by atoms with Crippen LogP contribution in [0.5, 0.6) is 0 Å².